The molecular formula is C13H17N3O4. The Morgan fingerprint density at radius 2 is 2.35 bits per heavy atom. The lowest BCUT2D eigenvalue weighted by molar-refractivity contribution is -0.384. The molecule has 0 aromatic carbocycles. The van der Waals surface area contributed by atoms with Gasteiger partial charge in [-0.15, -0.1) is 0 Å². The highest BCUT2D eigenvalue weighted by Gasteiger charge is 2.45. The quantitative estimate of drug-likeness (QED) is 0.647. The van der Waals surface area contributed by atoms with Crippen LogP contribution in [0.25, 0.3) is 0 Å². The van der Waals surface area contributed by atoms with Crippen LogP contribution in [0, 0.1) is 22.5 Å². The molecule has 0 radical (unpaired) electrons. The van der Waals surface area contributed by atoms with Crippen LogP contribution in [-0.2, 0) is 4.79 Å². The molecule has 2 rings (SSSR count). The van der Waals surface area contributed by atoms with Crippen LogP contribution >= 0.6 is 0 Å². The maximum absolute atomic E-state index is 11.4. The lowest BCUT2D eigenvalue weighted by Crippen LogP contribution is -2.40. The number of nitrogens with one attached hydrogen (secondary N) is 1. The normalized spacial score (nSPS) is 25.4. The summed E-state index contributed by atoms with van der Waals surface area (Å²) in [5.74, 6) is -0.748. The number of carboxylic acids is 1. The third-order valence-corrected chi connectivity index (χ3v) is 3.96. The first-order valence-corrected chi connectivity index (χ1v) is 6.45. The number of aromatic nitrogens is 1. The summed E-state index contributed by atoms with van der Waals surface area (Å²) in [6, 6.07) is 1.08. The molecule has 7 nitrogen and oxygen atoms in total. The van der Waals surface area contributed by atoms with Crippen LogP contribution in [0.15, 0.2) is 12.3 Å². The Morgan fingerprint density at radius 1 is 1.65 bits per heavy atom. The van der Waals surface area contributed by atoms with Gasteiger partial charge in [-0.25, -0.2) is 4.98 Å². The van der Waals surface area contributed by atoms with Crippen molar-refractivity contribution in [2.24, 2.45) is 5.41 Å². The first-order chi connectivity index (χ1) is 9.34. The molecule has 0 saturated heterocycles. The fourth-order valence-corrected chi connectivity index (χ4v) is 2.62. The molecule has 2 N–H and O–H groups in total. The predicted octanol–water partition coefficient (Wildman–Crippen LogP) is 2.35. The molecule has 2 unspecified atom stereocenters. The lowest BCUT2D eigenvalue weighted by Gasteiger charge is -2.27. The molecule has 0 aliphatic heterocycles. The van der Waals surface area contributed by atoms with E-state index in [0.717, 1.165) is 6.42 Å². The number of aliphatic carboxylic acids is 1. The molecule has 1 aliphatic carbocycles. The highest BCUT2D eigenvalue weighted by molar-refractivity contribution is 5.76. The summed E-state index contributed by atoms with van der Waals surface area (Å²) in [5.41, 5.74) is -0.347. The highest BCUT2D eigenvalue weighted by atomic mass is 16.6. The molecule has 1 aromatic heterocycles. The van der Waals surface area contributed by atoms with E-state index in [9.17, 15) is 20.0 Å². The monoisotopic (exact) mass is 279 g/mol. The van der Waals surface area contributed by atoms with Crippen molar-refractivity contribution < 1.29 is 14.8 Å². The zero-order valence-corrected chi connectivity index (χ0v) is 11.4. The molecule has 0 spiro atoms. The van der Waals surface area contributed by atoms with E-state index in [4.69, 9.17) is 0 Å². The summed E-state index contributed by atoms with van der Waals surface area (Å²) in [5, 5.41) is 23.4. The van der Waals surface area contributed by atoms with Crippen LogP contribution in [0.4, 0.5) is 11.5 Å². The number of hydrogen-bond acceptors (Lipinski definition) is 5. The van der Waals surface area contributed by atoms with E-state index >= 15 is 0 Å². The second-order valence-electron chi connectivity index (χ2n) is 5.45. The Morgan fingerprint density at radius 3 is 2.95 bits per heavy atom. The van der Waals surface area contributed by atoms with Crippen molar-refractivity contribution >= 4 is 17.5 Å². The second-order valence-corrected chi connectivity index (χ2v) is 5.45. The zero-order valence-electron chi connectivity index (χ0n) is 11.4. The number of anilines is 1. The molecule has 2 atom stereocenters. The Hall–Kier alpha value is -2.18. The van der Waals surface area contributed by atoms with Crippen LogP contribution in [0.5, 0.6) is 0 Å². The van der Waals surface area contributed by atoms with E-state index in [-0.39, 0.29) is 17.5 Å². The Bertz CT molecular complexity index is 561. The molecule has 1 aliphatic rings. The van der Waals surface area contributed by atoms with Crippen molar-refractivity contribution in [2.75, 3.05) is 5.32 Å². The average molecular weight is 279 g/mol. The van der Waals surface area contributed by atoms with Gasteiger partial charge in [0.2, 0.25) is 5.82 Å². The topological polar surface area (TPSA) is 105 Å². The van der Waals surface area contributed by atoms with Crippen LogP contribution in [0.2, 0.25) is 0 Å². The Kier molecular flexibility index (Phi) is 3.61. The third-order valence-electron chi connectivity index (χ3n) is 3.96. The van der Waals surface area contributed by atoms with Crippen molar-refractivity contribution in [2.45, 2.75) is 39.2 Å². The highest BCUT2D eigenvalue weighted by Crippen LogP contribution is 2.40. The first-order valence-electron chi connectivity index (χ1n) is 6.45. The van der Waals surface area contributed by atoms with Crippen molar-refractivity contribution in [3.63, 3.8) is 0 Å². The number of rotatable bonds is 4. The summed E-state index contributed by atoms with van der Waals surface area (Å²) in [7, 11) is 0. The van der Waals surface area contributed by atoms with E-state index < -0.39 is 16.3 Å². The number of aryl methyl sites for hydroxylation is 1. The maximum atomic E-state index is 11.4. The lowest BCUT2D eigenvalue weighted by atomic mass is 9.85. The summed E-state index contributed by atoms with van der Waals surface area (Å²) in [4.78, 5) is 26.0. The third kappa shape index (κ3) is 2.43. The average Bonchev–Trinajstić information content (AvgIpc) is 2.74. The minimum absolute atomic E-state index is 0.121. The van der Waals surface area contributed by atoms with Gasteiger partial charge in [-0.05, 0) is 32.3 Å². The van der Waals surface area contributed by atoms with Crippen molar-refractivity contribution in [3.05, 3.63) is 27.9 Å². The van der Waals surface area contributed by atoms with Crippen LogP contribution in [0.3, 0.4) is 0 Å². The van der Waals surface area contributed by atoms with Gasteiger partial charge in [0.1, 0.15) is 0 Å². The molecule has 0 amide bonds. The van der Waals surface area contributed by atoms with Gasteiger partial charge in [-0.3, -0.25) is 14.9 Å². The molecule has 1 fully saturated rings. The Labute approximate surface area is 116 Å². The summed E-state index contributed by atoms with van der Waals surface area (Å²) in [6.45, 7) is 3.39. The molecule has 1 saturated carbocycles. The minimum Gasteiger partial charge on any atom is -0.481 e. The molecule has 108 valence electrons. The molecule has 0 bridgehead atoms. The molecule has 1 aromatic rings. The van der Waals surface area contributed by atoms with E-state index in [1.165, 1.54) is 12.3 Å². The van der Waals surface area contributed by atoms with Gasteiger partial charge in [0.25, 0.3) is 0 Å². The van der Waals surface area contributed by atoms with Gasteiger partial charge in [0.05, 0.1) is 10.3 Å². The Balaban J connectivity index is 2.31. The zero-order chi connectivity index (χ0) is 14.9. The number of hydrogen-bond donors (Lipinski definition) is 2. The summed E-state index contributed by atoms with van der Waals surface area (Å²) >= 11 is 0. The smallest absolute Gasteiger partial charge is 0.311 e. The van der Waals surface area contributed by atoms with Crippen molar-refractivity contribution in [3.8, 4) is 0 Å². The number of pyridine rings is 1. The molecule has 7 heteroatoms. The second kappa shape index (κ2) is 5.07. The predicted molar refractivity (Wildman–Crippen MR) is 72.6 cm³/mol. The van der Waals surface area contributed by atoms with E-state index in [1.807, 2.05) is 0 Å². The van der Waals surface area contributed by atoms with Gasteiger partial charge in [0.15, 0.2) is 0 Å². The standard InChI is InChI=1S/C13H17N3O4/c1-8-6-9(16(19)20)11(14-7-8)15-10-4-3-5-13(10,2)12(17)18/h6-7,10H,3-5H2,1-2H3,(H,14,15)(H,17,18). The van der Waals surface area contributed by atoms with Crippen LogP contribution in [0.1, 0.15) is 31.7 Å². The number of carboxylic acid groups (broad SMARTS) is 1. The van der Waals surface area contributed by atoms with Gasteiger partial charge in [-0.1, -0.05) is 6.42 Å². The van der Waals surface area contributed by atoms with Gasteiger partial charge < -0.3 is 10.4 Å². The minimum atomic E-state index is -0.916. The maximum Gasteiger partial charge on any atom is 0.311 e. The van der Waals surface area contributed by atoms with Gasteiger partial charge in [0, 0.05) is 18.3 Å². The molecule has 1 heterocycles. The molecular weight excluding hydrogens is 262 g/mol. The van der Waals surface area contributed by atoms with Crippen molar-refractivity contribution in [1.82, 2.24) is 4.98 Å². The number of nitro groups is 1. The van der Waals surface area contributed by atoms with Crippen LogP contribution < -0.4 is 5.32 Å². The summed E-state index contributed by atoms with van der Waals surface area (Å²) in [6.07, 6.45) is 3.53. The largest absolute Gasteiger partial charge is 0.481 e. The number of carbonyl (C=O) groups is 1. The first kappa shape index (κ1) is 14.2. The fraction of sp³-hybridized carbons (Fsp3) is 0.538. The van der Waals surface area contributed by atoms with E-state index in [0.29, 0.717) is 18.4 Å². The molecule has 20 heavy (non-hydrogen) atoms. The SMILES string of the molecule is Cc1cnc(NC2CCCC2(C)C(=O)O)c([N+](=O)[O-])c1. The summed E-state index contributed by atoms with van der Waals surface area (Å²) < 4.78 is 0. The van der Waals surface area contributed by atoms with Gasteiger partial charge in [-0.2, -0.15) is 0 Å². The van der Waals surface area contributed by atoms with E-state index in [1.54, 1.807) is 13.8 Å². The van der Waals surface area contributed by atoms with Crippen molar-refractivity contribution in [1.29, 1.82) is 0 Å². The van der Waals surface area contributed by atoms with Crippen LogP contribution in [-0.4, -0.2) is 27.0 Å². The number of nitrogens with zero attached hydrogens (tertiary/aromatic N) is 2. The van der Waals surface area contributed by atoms with Gasteiger partial charge >= 0.3 is 11.7 Å². The fourth-order valence-electron chi connectivity index (χ4n) is 2.62. The van der Waals surface area contributed by atoms with E-state index in [2.05, 4.69) is 10.3 Å².